The lowest BCUT2D eigenvalue weighted by Crippen LogP contribution is -2.06. The van der Waals surface area contributed by atoms with Gasteiger partial charge in [-0.25, -0.2) is 0 Å². The van der Waals surface area contributed by atoms with E-state index in [1.165, 1.54) is 29.3 Å². The fraction of sp³-hybridized carbons (Fsp3) is 0.231. The quantitative estimate of drug-likeness (QED) is 0.268. The van der Waals surface area contributed by atoms with Crippen LogP contribution in [-0.4, -0.2) is 37.9 Å². The molecule has 0 fully saturated rings. The second-order valence-electron chi connectivity index (χ2n) is 7.85. The van der Waals surface area contributed by atoms with Crippen molar-refractivity contribution in [1.82, 2.24) is 19.7 Å². The lowest BCUT2D eigenvalue weighted by Gasteiger charge is -2.11. The Morgan fingerprint density at radius 2 is 1.79 bits per heavy atom. The van der Waals surface area contributed by atoms with Crippen LogP contribution in [0, 0.1) is 0 Å². The van der Waals surface area contributed by atoms with E-state index in [1.54, 1.807) is 12.4 Å². The van der Waals surface area contributed by atoms with Crippen LogP contribution in [0.25, 0.3) is 17.1 Å². The summed E-state index contributed by atoms with van der Waals surface area (Å²) in [5.74, 6) is 1.90. The molecule has 5 rings (SSSR count). The Morgan fingerprint density at radius 1 is 1.00 bits per heavy atom. The SMILES string of the molecule is CCOc1ccc(-n2c(SCC(=O)c3ccc4c(c3)CCC4)nnc2-c2ccncc2)cc1. The van der Waals surface area contributed by atoms with Crippen molar-refractivity contribution in [3.05, 3.63) is 83.7 Å². The van der Waals surface area contributed by atoms with Gasteiger partial charge in [0.2, 0.25) is 0 Å². The number of carbonyl (C=O) groups excluding carboxylic acids is 1. The summed E-state index contributed by atoms with van der Waals surface area (Å²) in [5.41, 5.74) is 5.26. The molecule has 6 nitrogen and oxygen atoms in total. The molecule has 166 valence electrons. The topological polar surface area (TPSA) is 69.9 Å². The molecule has 7 heteroatoms. The number of hydrogen-bond donors (Lipinski definition) is 0. The molecule has 2 aromatic carbocycles. The smallest absolute Gasteiger partial charge is 0.196 e. The van der Waals surface area contributed by atoms with Gasteiger partial charge in [-0.15, -0.1) is 10.2 Å². The summed E-state index contributed by atoms with van der Waals surface area (Å²) in [6, 6.07) is 17.7. The summed E-state index contributed by atoms with van der Waals surface area (Å²) < 4.78 is 7.56. The number of hydrogen-bond acceptors (Lipinski definition) is 6. The number of aryl methyl sites for hydroxylation is 2. The van der Waals surface area contributed by atoms with Gasteiger partial charge in [0.1, 0.15) is 5.75 Å². The van der Waals surface area contributed by atoms with Gasteiger partial charge in [-0.1, -0.05) is 23.9 Å². The number of benzene rings is 2. The molecule has 4 aromatic rings. The molecule has 0 saturated heterocycles. The first kappa shape index (κ1) is 21.4. The Bertz CT molecular complexity index is 1270. The third-order valence-electron chi connectivity index (χ3n) is 5.73. The standard InChI is InChI=1S/C26H24N4O2S/c1-2-32-23-10-8-22(9-11-23)30-25(19-12-14-27-15-13-19)28-29-26(30)33-17-24(31)21-7-6-18-4-3-5-20(18)16-21/h6-16H,2-5,17H2,1H3. The van der Waals surface area contributed by atoms with Crippen molar-refractivity contribution in [2.75, 3.05) is 12.4 Å². The molecule has 0 N–H and O–H groups in total. The van der Waals surface area contributed by atoms with E-state index >= 15 is 0 Å². The van der Waals surface area contributed by atoms with E-state index in [9.17, 15) is 4.79 Å². The maximum atomic E-state index is 13.0. The van der Waals surface area contributed by atoms with Gasteiger partial charge in [-0.3, -0.25) is 14.3 Å². The van der Waals surface area contributed by atoms with Crippen molar-refractivity contribution in [1.29, 1.82) is 0 Å². The van der Waals surface area contributed by atoms with Crippen LogP contribution in [0.4, 0.5) is 0 Å². The number of thioether (sulfide) groups is 1. The van der Waals surface area contributed by atoms with Crippen LogP contribution in [0.3, 0.4) is 0 Å². The molecule has 0 radical (unpaired) electrons. The Morgan fingerprint density at radius 3 is 2.58 bits per heavy atom. The van der Waals surface area contributed by atoms with Crippen molar-refractivity contribution in [2.24, 2.45) is 0 Å². The minimum Gasteiger partial charge on any atom is -0.494 e. The van der Waals surface area contributed by atoms with Crippen LogP contribution >= 0.6 is 11.8 Å². The summed E-state index contributed by atoms with van der Waals surface area (Å²) in [7, 11) is 0. The third-order valence-corrected chi connectivity index (χ3v) is 6.66. The lowest BCUT2D eigenvalue weighted by molar-refractivity contribution is 0.102. The monoisotopic (exact) mass is 456 g/mol. The Kier molecular flexibility index (Phi) is 6.21. The van der Waals surface area contributed by atoms with Crippen molar-refractivity contribution in [3.63, 3.8) is 0 Å². The van der Waals surface area contributed by atoms with Gasteiger partial charge >= 0.3 is 0 Å². The molecule has 0 bridgehead atoms. The van der Waals surface area contributed by atoms with Crippen molar-refractivity contribution in [2.45, 2.75) is 31.3 Å². The second-order valence-corrected chi connectivity index (χ2v) is 8.80. The molecule has 0 aliphatic heterocycles. The summed E-state index contributed by atoms with van der Waals surface area (Å²) in [5, 5.41) is 9.53. The van der Waals surface area contributed by atoms with Crippen LogP contribution < -0.4 is 4.74 Å². The van der Waals surface area contributed by atoms with E-state index in [4.69, 9.17) is 4.74 Å². The highest BCUT2D eigenvalue weighted by atomic mass is 32.2. The van der Waals surface area contributed by atoms with Gasteiger partial charge in [-0.2, -0.15) is 0 Å². The van der Waals surface area contributed by atoms with Gasteiger partial charge in [0, 0.05) is 29.2 Å². The van der Waals surface area contributed by atoms with Crippen LogP contribution in [0.15, 0.2) is 72.1 Å². The largest absolute Gasteiger partial charge is 0.494 e. The highest BCUT2D eigenvalue weighted by Gasteiger charge is 2.19. The van der Waals surface area contributed by atoms with Crippen molar-refractivity contribution >= 4 is 17.5 Å². The molecular formula is C26H24N4O2S. The van der Waals surface area contributed by atoms with Gasteiger partial charge in [-0.05, 0) is 79.8 Å². The van der Waals surface area contributed by atoms with Crippen LogP contribution in [0.5, 0.6) is 5.75 Å². The van der Waals surface area contributed by atoms with E-state index in [2.05, 4.69) is 27.3 Å². The number of ketones is 1. The van der Waals surface area contributed by atoms with E-state index in [0.29, 0.717) is 23.3 Å². The zero-order chi connectivity index (χ0) is 22.6. The maximum Gasteiger partial charge on any atom is 0.196 e. The predicted octanol–water partition coefficient (Wildman–Crippen LogP) is 5.19. The summed E-state index contributed by atoms with van der Waals surface area (Å²) in [4.78, 5) is 17.1. The first-order chi connectivity index (χ1) is 16.2. The average Bonchev–Trinajstić information content (AvgIpc) is 3.50. The number of rotatable bonds is 8. The minimum absolute atomic E-state index is 0.0985. The summed E-state index contributed by atoms with van der Waals surface area (Å²) in [6.07, 6.45) is 6.81. The molecule has 0 saturated carbocycles. The number of pyridine rings is 1. The zero-order valence-electron chi connectivity index (χ0n) is 18.4. The molecule has 0 amide bonds. The van der Waals surface area contributed by atoms with E-state index in [0.717, 1.165) is 35.4 Å². The van der Waals surface area contributed by atoms with Gasteiger partial charge < -0.3 is 4.74 Å². The number of carbonyl (C=O) groups is 1. The zero-order valence-corrected chi connectivity index (χ0v) is 19.2. The average molecular weight is 457 g/mol. The first-order valence-electron chi connectivity index (χ1n) is 11.1. The Labute approximate surface area is 197 Å². The number of ether oxygens (including phenoxy) is 1. The molecule has 2 aromatic heterocycles. The highest BCUT2D eigenvalue weighted by molar-refractivity contribution is 7.99. The van der Waals surface area contributed by atoms with Gasteiger partial charge in [0.15, 0.2) is 16.8 Å². The molecule has 0 atom stereocenters. The molecule has 2 heterocycles. The van der Waals surface area contributed by atoms with Crippen LogP contribution in [0.1, 0.15) is 34.8 Å². The summed E-state index contributed by atoms with van der Waals surface area (Å²) in [6.45, 7) is 2.57. The molecule has 33 heavy (non-hydrogen) atoms. The number of nitrogens with zero attached hydrogens (tertiary/aromatic N) is 4. The molecule has 1 aliphatic carbocycles. The number of aromatic nitrogens is 4. The first-order valence-corrected chi connectivity index (χ1v) is 12.1. The molecule has 0 unspecified atom stereocenters. The van der Waals surface area contributed by atoms with Gasteiger partial charge in [0.25, 0.3) is 0 Å². The molecule has 0 spiro atoms. The fourth-order valence-electron chi connectivity index (χ4n) is 4.10. The van der Waals surface area contributed by atoms with Crippen molar-refractivity contribution < 1.29 is 9.53 Å². The molecular weight excluding hydrogens is 432 g/mol. The predicted molar refractivity (Wildman–Crippen MR) is 129 cm³/mol. The fourth-order valence-corrected chi connectivity index (χ4v) is 4.95. The van der Waals surface area contributed by atoms with Crippen molar-refractivity contribution in [3.8, 4) is 22.8 Å². The number of Topliss-reactive ketones (excluding diaryl/α,β-unsaturated/α-hetero) is 1. The second kappa shape index (κ2) is 9.58. The maximum absolute atomic E-state index is 13.0. The minimum atomic E-state index is 0.0985. The lowest BCUT2D eigenvalue weighted by atomic mass is 10.0. The summed E-state index contributed by atoms with van der Waals surface area (Å²) >= 11 is 1.40. The van der Waals surface area contributed by atoms with Crippen LogP contribution in [-0.2, 0) is 12.8 Å². The van der Waals surface area contributed by atoms with E-state index in [-0.39, 0.29) is 5.78 Å². The Balaban J connectivity index is 1.43. The third kappa shape index (κ3) is 4.54. The highest BCUT2D eigenvalue weighted by Crippen LogP contribution is 2.30. The van der Waals surface area contributed by atoms with Crippen LogP contribution in [0.2, 0.25) is 0 Å². The van der Waals surface area contributed by atoms with E-state index < -0.39 is 0 Å². The molecule has 1 aliphatic rings. The van der Waals surface area contributed by atoms with E-state index in [1.807, 2.05) is 54.0 Å². The van der Waals surface area contributed by atoms with Gasteiger partial charge in [0.05, 0.1) is 12.4 Å². The number of fused-ring (bicyclic) bond motifs is 1. The normalized spacial score (nSPS) is 12.5. The Hall–Kier alpha value is -3.45.